The summed E-state index contributed by atoms with van der Waals surface area (Å²) in [5.74, 6) is 0.785. The number of likely N-dealkylation sites (tertiary alicyclic amines) is 1. The molecule has 1 unspecified atom stereocenters. The number of guanidine groups is 1. The molecule has 1 aliphatic rings. The highest BCUT2D eigenvalue weighted by atomic mass is 16.2. The summed E-state index contributed by atoms with van der Waals surface area (Å²) in [6, 6.07) is 0.584. The van der Waals surface area contributed by atoms with Crippen molar-refractivity contribution in [3.8, 4) is 0 Å². The molecule has 6 nitrogen and oxygen atoms in total. The van der Waals surface area contributed by atoms with E-state index < -0.39 is 5.41 Å². The minimum Gasteiger partial charge on any atom is -0.359 e. The third kappa shape index (κ3) is 5.19. The van der Waals surface area contributed by atoms with Crippen LogP contribution in [-0.4, -0.2) is 63.1 Å². The lowest BCUT2D eigenvalue weighted by atomic mass is 9.92. The van der Waals surface area contributed by atoms with Gasteiger partial charge in [0.1, 0.15) is 0 Å². The van der Waals surface area contributed by atoms with Crippen molar-refractivity contribution in [1.29, 1.82) is 0 Å². The Balaban J connectivity index is 2.41. The van der Waals surface area contributed by atoms with Gasteiger partial charge in [0, 0.05) is 33.2 Å². The second-order valence-corrected chi connectivity index (χ2v) is 6.19. The number of likely N-dealkylation sites (N-methyl/N-ethyl adjacent to an activating group) is 1. The Morgan fingerprint density at radius 3 is 2.67 bits per heavy atom. The molecule has 6 heteroatoms. The third-order valence-corrected chi connectivity index (χ3v) is 4.17. The highest BCUT2D eigenvalue weighted by Gasteiger charge is 2.27. The molecule has 1 rings (SSSR count). The van der Waals surface area contributed by atoms with Crippen LogP contribution in [0.25, 0.3) is 0 Å². The summed E-state index contributed by atoms with van der Waals surface area (Å²) in [4.78, 5) is 18.5. The van der Waals surface area contributed by atoms with E-state index in [4.69, 9.17) is 0 Å². The molecular formula is C15H31N5O. The van der Waals surface area contributed by atoms with Gasteiger partial charge in [-0.25, -0.2) is 0 Å². The van der Waals surface area contributed by atoms with E-state index in [1.165, 1.54) is 19.4 Å². The molecule has 1 heterocycles. The fourth-order valence-electron chi connectivity index (χ4n) is 2.70. The van der Waals surface area contributed by atoms with E-state index in [0.717, 1.165) is 19.0 Å². The number of aliphatic imine (C=N–C) groups is 1. The van der Waals surface area contributed by atoms with Crippen LogP contribution < -0.4 is 16.0 Å². The molecule has 0 saturated carbocycles. The number of rotatable bonds is 6. The average molecular weight is 297 g/mol. The second kappa shape index (κ2) is 8.22. The van der Waals surface area contributed by atoms with Crippen LogP contribution in [0.15, 0.2) is 4.99 Å². The largest absolute Gasteiger partial charge is 0.359 e. The summed E-state index contributed by atoms with van der Waals surface area (Å²) in [5, 5.41) is 9.30. The maximum atomic E-state index is 11.8. The van der Waals surface area contributed by atoms with Crippen LogP contribution in [0.2, 0.25) is 0 Å². The zero-order valence-electron chi connectivity index (χ0n) is 14.1. The zero-order valence-corrected chi connectivity index (χ0v) is 14.1. The van der Waals surface area contributed by atoms with Gasteiger partial charge in [-0.3, -0.25) is 14.7 Å². The minimum absolute atomic E-state index is 0.0263. The summed E-state index contributed by atoms with van der Waals surface area (Å²) in [5.41, 5.74) is -0.463. The molecule has 0 aliphatic carbocycles. The van der Waals surface area contributed by atoms with Crippen LogP contribution in [0.4, 0.5) is 0 Å². The van der Waals surface area contributed by atoms with E-state index in [-0.39, 0.29) is 5.91 Å². The standard InChI is InChI=1S/C15H31N5O/c1-6-20-9-7-8-12(20)10-18-14(17-5)19-11-15(2,3)13(21)16-4/h12H,6-11H2,1-5H3,(H,16,21)(H2,17,18,19). The molecule has 1 fully saturated rings. The lowest BCUT2D eigenvalue weighted by Crippen LogP contribution is -2.49. The Labute approximate surface area is 128 Å². The average Bonchev–Trinajstić information content (AvgIpc) is 2.93. The number of carbonyl (C=O) groups excluding carboxylic acids is 1. The number of amides is 1. The maximum absolute atomic E-state index is 11.8. The second-order valence-electron chi connectivity index (χ2n) is 6.19. The number of nitrogens with zero attached hydrogens (tertiary/aromatic N) is 2. The topological polar surface area (TPSA) is 68.8 Å². The molecule has 0 aromatic rings. The van der Waals surface area contributed by atoms with Crippen molar-refractivity contribution in [3.63, 3.8) is 0 Å². The van der Waals surface area contributed by atoms with Crippen molar-refractivity contribution in [2.45, 2.75) is 39.7 Å². The van der Waals surface area contributed by atoms with Gasteiger partial charge in [0.25, 0.3) is 0 Å². The first-order valence-corrected chi connectivity index (χ1v) is 7.85. The van der Waals surface area contributed by atoms with Gasteiger partial charge >= 0.3 is 0 Å². The van der Waals surface area contributed by atoms with Gasteiger partial charge < -0.3 is 16.0 Å². The normalized spacial score (nSPS) is 20.4. The Morgan fingerprint density at radius 2 is 2.10 bits per heavy atom. The first kappa shape index (κ1) is 17.8. The molecule has 3 N–H and O–H groups in total. The highest BCUT2D eigenvalue weighted by Crippen LogP contribution is 2.15. The Morgan fingerprint density at radius 1 is 1.38 bits per heavy atom. The van der Waals surface area contributed by atoms with Crippen molar-refractivity contribution in [2.24, 2.45) is 10.4 Å². The third-order valence-electron chi connectivity index (χ3n) is 4.17. The molecule has 0 radical (unpaired) electrons. The van der Waals surface area contributed by atoms with Crippen LogP contribution in [0.1, 0.15) is 33.6 Å². The lowest BCUT2D eigenvalue weighted by Gasteiger charge is -2.26. The fourth-order valence-corrected chi connectivity index (χ4v) is 2.70. The summed E-state index contributed by atoms with van der Waals surface area (Å²) in [6.07, 6.45) is 2.51. The summed E-state index contributed by atoms with van der Waals surface area (Å²) in [7, 11) is 3.42. The van der Waals surface area contributed by atoms with Gasteiger partial charge in [-0.15, -0.1) is 0 Å². The summed E-state index contributed by atoms with van der Waals surface area (Å²) >= 11 is 0. The van der Waals surface area contributed by atoms with Gasteiger partial charge in [-0.05, 0) is 39.8 Å². The number of nitrogens with one attached hydrogen (secondary N) is 3. The van der Waals surface area contributed by atoms with Crippen molar-refractivity contribution in [2.75, 3.05) is 40.3 Å². The molecule has 21 heavy (non-hydrogen) atoms. The molecule has 122 valence electrons. The number of carbonyl (C=O) groups is 1. The monoisotopic (exact) mass is 297 g/mol. The molecule has 0 bridgehead atoms. The van der Waals surface area contributed by atoms with Crippen molar-refractivity contribution >= 4 is 11.9 Å². The quantitative estimate of drug-likeness (QED) is 0.491. The molecule has 1 saturated heterocycles. The number of hydrogen-bond acceptors (Lipinski definition) is 3. The van der Waals surface area contributed by atoms with Crippen molar-refractivity contribution in [1.82, 2.24) is 20.9 Å². The van der Waals surface area contributed by atoms with E-state index in [0.29, 0.717) is 12.6 Å². The minimum atomic E-state index is -0.463. The van der Waals surface area contributed by atoms with Crippen LogP contribution in [0.5, 0.6) is 0 Å². The van der Waals surface area contributed by atoms with Gasteiger partial charge in [0.05, 0.1) is 5.41 Å². The maximum Gasteiger partial charge on any atom is 0.227 e. The first-order chi connectivity index (χ1) is 9.94. The van der Waals surface area contributed by atoms with E-state index in [9.17, 15) is 4.79 Å². The highest BCUT2D eigenvalue weighted by molar-refractivity contribution is 5.84. The molecule has 0 spiro atoms. The van der Waals surface area contributed by atoms with E-state index in [2.05, 4.69) is 32.8 Å². The van der Waals surface area contributed by atoms with Crippen LogP contribution >= 0.6 is 0 Å². The van der Waals surface area contributed by atoms with Crippen LogP contribution in [0, 0.1) is 5.41 Å². The fraction of sp³-hybridized carbons (Fsp3) is 0.867. The smallest absolute Gasteiger partial charge is 0.227 e. The molecule has 1 amide bonds. The van der Waals surface area contributed by atoms with Gasteiger partial charge in [0.2, 0.25) is 5.91 Å². The zero-order chi connectivity index (χ0) is 15.9. The van der Waals surface area contributed by atoms with Gasteiger partial charge in [-0.2, -0.15) is 0 Å². The molecule has 1 atom stereocenters. The van der Waals surface area contributed by atoms with Gasteiger partial charge in [-0.1, -0.05) is 6.92 Å². The van der Waals surface area contributed by atoms with E-state index in [1.807, 2.05) is 13.8 Å². The Kier molecular flexibility index (Phi) is 6.95. The SMILES string of the molecule is CCN1CCCC1CNC(=NC)NCC(C)(C)C(=O)NC. The Bertz CT molecular complexity index is 367. The predicted molar refractivity (Wildman–Crippen MR) is 87.5 cm³/mol. The summed E-state index contributed by atoms with van der Waals surface area (Å²) < 4.78 is 0. The van der Waals surface area contributed by atoms with E-state index in [1.54, 1.807) is 14.1 Å². The van der Waals surface area contributed by atoms with Crippen molar-refractivity contribution < 1.29 is 4.79 Å². The van der Waals surface area contributed by atoms with Gasteiger partial charge in [0.15, 0.2) is 5.96 Å². The molecule has 0 aromatic carbocycles. The first-order valence-electron chi connectivity index (χ1n) is 7.85. The van der Waals surface area contributed by atoms with Crippen molar-refractivity contribution in [3.05, 3.63) is 0 Å². The molecular weight excluding hydrogens is 266 g/mol. The summed E-state index contributed by atoms with van der Waals surface area (Å²) in [6.45, 7) is 9.78. The molecule has 0 aromatic heterocycles. The lowest BCUT2D eigenvalue weighted by molar-refractivity contribution is -0.128. The van der Waals surface area contributed by atoms with Crippen LogP contribution in [0.3, 0.4) is 0 Å². The predicted octanol–water partition coefficient (Wildman–Crippen LogP) is 0.408. The number of hydrogen-bond donors (Lipinski definition) is 3. The Hall–Kier alpha value is -1.30. The molecule has 1 aliphatic heterocycles. The van der Waals surface area contributed by atoms with Crippen LogP contribution in [-0.2, 0) is 4.79 Å². The van der Waals surface area contributed by atoms with E-state index >= 15 is 0 Å².